The zero-order valence-electron chi connectivity index (χ0n) is 13.0. The highest BCUT2D eigenvalue weighted by Gasteiger charge is 2.27. The van der Waals surface area contributed by atoms with Crippen LogP contribution < -0.4 is 4.90 Å². The van der Waals surface area contributed by atoms with Gasteiger partial charge < -0.3 is 4.90 Å². The van der Waals surface area contributed by atoms with Gasteiger partial charge in [0.2, 0.25) is 0 Å². The molecule has 0 spiro atoms. The van der Waals surface area contributed by atoms with Gasteiger partial charge >= 0.3 is 0 Å². The van der Waals surface area contributed by atoms with Crippen molar-refractivity contribution < 1.29 is 9.72 Å². The van der Waals surface area contributed by atoms with Crippen LogP contribution in [0, 0.1) is 10.1 Å². The van der Waals surface area contributed by atoms with Gasteiger partial charge in [0.15, 0.2) is 0 Å². The Labute approximate surface area is 147 Å². The number of nitro benzene ring substituents is 1. The average molecular weight is 354 g/mol. The van der Waals surface area contributed by atoms with Crippen LogP contribution in [-0.2, 0) is 6.42 Å². The van der Waals surface area contributed by atoms with Crippen molar-refractivity contribution in [1.29, 1.82) is 0 Å². The van der Waals surface area contributed by atoms with E-state index in [4.69, 9.17) is 11.6 Å². The van der Waals surface area contributed by atoms with E-state index in [9.17, 15) is 14.9 Å². The number of anilines is 1. The molecule has 1 aliphatic rings. The third-order valence-corrected chi connectivity index (χ3v) is 4.63. The largest absolute Gasteiger partial charge is 0.306 e. The van der Waals surface area contributed by atoms with E-state index in [1.54, 1.807) is 41.4 Å². The number of nitrogens with zero attached hydrogens (tertiary/aromatic N) is 3. The van der Waals surface area contributed by atoms with Crippen LogP contribution in [0.4, 0.5) is 11.4 Å². The molecule has 0 unspecified atom stereocenters. The molecule has 0 radical (unpaired) electrons. The number of nitro groups is 1. The fraction of sp³-hybridized carbons (Fsp3) is 0.111. The summed E-state index contributed by atoms with van der Waals surface area (Å²) in [6, 6.07) is 10.0. The SMILES string of the molecule is O=C1c2ccc(Cl)cc2CCN1c1cncc2c([N+](=O)[O-])cccc12. The molecule has 0 fully saturated rings. The number of carbonyl (C=O) groups excluding carboxylic acids is 1. The number of non-ortho nitro benzene ring substituents is 1. The van der Waals surface area contributed by atoms with Crippen LogP contribution in [0.1, 0.15) is 15.9 Å². The van der Waals surface area contributed by atoms with Crippen molar-refractivity contribution in [2.75, 3.05) is 11.4 Å². The molecule has 0 bridgehead atoms. The first-order valence-corrected chi connectivity index (χ1v) is 8.05. The summed E-state index contributed by atoms with van der Waals surface area (Å²) in [5.74, 6) is -0.154. The zero-order chi connectivity index (χ0) is 17.6. The molecule has 2 heterocycles. The number of rotatable bonds is 2. The van der Waals surface area contributed by atoms with E-state index in [2.05, 4.69) is 4.98 Å². The third kappa shape index (κ3) is 2.51. The van der Waals surface area contributed by atoms with E-state index in [0.29, 0.717) is 40.0 Å². The maximum Gasteiger partial charge on any atom is 0.278 e. The van der Waals surface area contributed by atoms with Crippen LogP contribution in [0.5, 0.6) is 0 Å². The second kappa shape index (κ2) is 5.82. The molecule has 7 heteroatoms. The van der Waals surface area contributed by atoms with Crippen molar-refractivity contribution in [3.8, 4) is 0 Å². The molecule has 1 amide bonds. The van der Waals surface area contributed by atoms with Crippen LogP contribution in [-0.4, -0.2) is 22.4 Å². The normalized spacial score (nSPS) is 13.8. The molecule has 1 aliphatic heterocycles. The van der Waals surface area contributed by atoms with Crippen molar-refractivity contribution in [3.63, 3.8) is 0 Å². The number of benzene rings is 2. The lowest BCUT2D eigenvalue weighted by Gasteiger charge is -2.29. The Bertz CT molecular complexity index is 1040. The van der Waals surface area contributed by atoms with Crippen LogP contribution in [0.3, 0.4) is 0 Å². The fourth-order valence-electron chi connectivity index (χ4n) is 3.23. The standard InChI is InChI=1S/C18H12ClN3O3/c19-12-4-5-13-11(8-12)6-7-21(18(13)23)17-10-20-9-15-14(17)2-1-3-16(15)22(24)25/h1-5,8-10H,6-7H2. The highest BCUT2D eigenvalue weighted by molar-refractivity contribution is 6.30. The minimum absolute atomic E-state index is 0.0245. The molecular formula is C18H12ClN3O3. The third-order valence-electron chi connectivity index (χ3n) is 4.39. The monoisotopic (exact) mass is 353 g/mol. The summed E-state index contributed by atoms with van der Waals surface area (Å²) in [6.45, 7) is 0.468. The summed E-state index contributed by atoms with van der Waals surface area (Å²) < 4.78 is 0. The lowest BCUT2D eigenvalue weighted by Crippen LogP contribution is -2.37. The van der Waals surface area contributed by atoms with Crippen molar-refractivity contribution in [1.82, 2.24) is 4.98 Å². The van der Waals surface area contributed by atoms with Gasteiger partial charge in [0.25, 0.3) is 11.6 Å². The number of hydrogen-bond acceptors (Lipinski definition) is 4. The second-order valence-electron chi connectivity index (χ2n) is 5.80. The predicted octanol–water partition coefficient (Wildman–Crippen LogP) is 4.00. The number of fused-ring (bicyclic) bond motifs is 2. The summed E-state index contributed by atoms with van der Waals surface area (Å²) >= 11 is 6.00. The number of amides is 1. The maximum atomic E-state index is 12.9. The molecule has 0 atom stereocenters. The molecule has 124 valence electrons. The molecule has 1 aromatic heterocycles. The molecule has 3 aromatic rings. The zero-order valence-corrected chi connectivity index (χ0v) is 13.7. The minimum Gasteiger partial charge on any atom is -0.306 e. The molecule has 25 heavy (non-hydrogen) atoms. The first kappa shape index (κ1) is 15.5. The summed E-state index contributed by atoms with van der Waals surface area (Å²) in [5.41, 5.74) is 2.06. The van der Waals surface area contributed by atoms with Gasteiger partial charge in [-0.2, -0.15) is 0 Å². The lowest BCUT2D eigenvalue weighted by molar-refractivity contribution is -0.383. The van der Waals surface area contributed by atoms with E-state index >= 15 is 0 Å². The fourth-order valence-corrected chi connectivity index (χ4v) is 3.42. The molecule has 0 saturated heterocycles. The highest BCUT2D eigenvalue weighted by atomic mass is 35.5. The Morgan fingerprint density at radius 3 is 2.80 bits per heavy atom. The van der Waals surface area contributed by atoms with Gasteiger partial charge in [-0.3, -0.25) is 19.9 Å². The first-order chi connectivity index (χ1) is 12.1. The van der Waals surface area contributed by atoms with E-state index in [1.165, 1.54) is 12.3 Å². The Kier molecular flexibility index (Phi) is 3.62. The summed E-state index contributed by atoms with van der Waals surface area (Å²) in [5, 5.41) is 12.9. The number of hydrogen-bond donors (Lipinski definition) is 0. The molecule has 0 aliphatic carbocycles. The Hall–Kier alpha value is -2.99. The second-order valence-corrected chi connectivity index (χ2v) is 6.23. The number of halogens is 1. The van der Waals surface area contributed by atoms with Crippen LogP contribution in [0.15, 0.2) is 48.8 Å². The summed E-state index contributed by atoms with van der Waals surface area (Å²) in [6.07, 6.45) is 3.69. The van der Waals surface area contributed by atoms with Gasteiger partial charge in [-0.05, 0) is 30.2 Å². The number of carbonyl (C=O) groups is 1. The molecule has 0 N–H and O–H groups in total. The molecular weight excluding hydrogens is 342 g/mol. The molecule has 0 saturated carbocycles. The topological polar surface area (TPSA) is 76.3 Å². The van der Waals surface area contributed by atoms with Gasteiger partial charge in [-0.15, -0.1) is 0 Å². The molecule has 4 rings (SSSR count). The van der Waals surface area contributed by atoms with Gasteiger partial charge in [-0.25, -0.2) is 0 Å². The van der Waals surface area contributed by atoms with Crippen molar-refractivity contribution in [2.24, 2.45) is 0 Å². The Balaban J connectivity index is 1.86. The number of pyridine rings is 1. The molecule has 6 nitrogen and oxygen atoms in total. The van der Waals surface area contributed by atoms with E-state index < -0.39 is 4.92 Å². The quantitative estimate of drug-likeness (QED) is 0.515. The first-order valence-electron chi connectivity index (χ1n) is 7.67. The molecule has 2 aromatic carbocycles. The van der Waals surface area contributed by atoms with Gasteiger partial charge in [0.1, 0.15) is 0 Å². The lowest BCUT2D eigenvalue weighted by atomic mass is 9.98. The minimum atomic E-state index is -0.441. The van der Waals surface area contributed by atoms with Crippen molar-refractivity contribution in [2.45, 2.75) is 6.42 Å². The number of aromatic nitrogens is 1. The summed E-state index contributed by atoms with van der Waals surface area (Å²) in [4.78, 5) is 29.5. The van der Waals surface area contributed by atoms with Crippen LogP contribution in [0.25, 0.3) is 10.8 Å². The van der Waals surface area contributed by atoms with E-state index in [0.717, 1.165) is 5.56 Å². The van der Waals surface area contributed by atoms with Gasteiger partial charge in [-0.1, -0.05) is 23.7 Å². The van der Waals surface area contributed by atoms with Crippen molar-refractivity contribution >= 4 is 39.7 Å². The average Bonchev–Trinajstić information content (AvgIpc) is 2.61. The van der Waals surface area contributed by atoms with Crippen molar-refractivity contribution in [3.05, 3.63) is 75.1 Å². The smallest absolute Gasteiger partial charge is 0.278 e. The van der Waals surface area contributed by atoms with Gasteiger partial charge in [0.05, 0.1) is 22.2 Å². The van der Waals surface area contributed by atoms with Gasteiger partial charge in [0, 0.05) is 34.8 Å². The Morgan fingerprint density at radius 2 is 2.00 bits per heavy atom. The predicted molar refractivity (Wildman–Crippen MR) is 95.2 cm³/mol. The van der Waals surface area contributed by atoms with E-state index in [1.807, 2.05) is 0 Å². The van der Waals surface area contributed by atoms with E-state index in [-0.39, 0.29) is 11.6 Å². The summed E-state index contributed by atoms with van der Waals surface area (Å²) in [7, 11) is 0. The van der Waals surface area contributed by atoms with Crippen LogP contribution in [0.2, 0.25) is 5.02 Å². The maximum absolute atomic E-state index is 12.9. The Morgan fingerprint density at radius 1 is 1.16 bits per heavy atom. The highest BCUT2D eigenvalue weighted by Crippen LogP contribution is 2.34. The van der Waals surface area contributed by atoms with Crippen LogP contribution >= 0.6 is 11.6 Å².